The van der Waals surface area contributed by atoms with Crippen molar-refractivity contribution in [1.29, 1.82) is 0 Å². The number of aromatic nitrogens is 2. The predicted octanol–water partition coefficient (Wildman–Crippen LogP) is 2.93. The topological polar surface area (TPSA) is 58.4 Å². The Kier molecular flexibility index (Phi) is 5.22. The molecule has 4 rings (SSSR count). The maximum atomic E-state index is 12.6. The second-order valence-electron chi connectivity index (χ2n) is 7.30. The summed E-state index contributed by atoms with van der Waals surface area (Å²) in [5, 5.41) is 4.97. The minimum atomic E-state index is -0.0681. The number of carbonyl (C=O) groups excluding carboxylic acids is 2. The van der Waals surface area contributed by atoms with Gasteiger partial charge in [-0.25, -0.2) is 4.68 Å². The molecule has 2 heterocycles. The van der Waals surface area contributed by atoms with Crippen LogP contribution < -0.4 is 0 Å². The van der Waals surface area contributed by atoms with Gasteiger partial charge in [-0.05, 0) is 38.0 Å². The molecule has 1 aliphatic carbocycles. The van der Waals surface area contributed by atoms with Crippen LogP contribution in [0.15, 0.2) is 36.4 Å². The molecule has 2 fully saturated rings. The molecule has 146 valence electrons. The van der Waals surface area contributed by atoms with Crippen LogP contribution in [0.25, 0.3) is 11.8 Å². The third-order valence-corrected chi connectivity index (χ3v) is 5.63. The number of hydrogen-bond acceptors (Lipinski definition) is 3. The molecule has 0 N–H and O–H groups in total. The first-order valence-electron chi connectivity index (χ1n) is 9.61. The summed E-state index contributed by atoms with van der Waals surface area (Å²) in [4.78, 5) is 28.3. The third kappa shape index (κ3) is 3.83. The zero-order chi connectivity index (χ0) is 19.7. The van der Waals surface area contributed by atoms with Gasteiger partial charge >= 0.3 is 0 Å². The first-order valence-corrected chi connectivity index (χ1v) is 9.98. The zero-order valence-electron chi connectivity index (χ0n) is 15.8. The Morgan fingerprint density at radius 1 is 1.07 bits per heavy atom. The van der Waals surface area contributed by atoms with E-state index in [4.69, 9.17) is 11.6 Å². The van der Waals surface area contributed by atoms with E-state index in [1.54, 1.807) is 21.7 Å². The number of piperazine rings is 1. The lowest BCUT2D eigenvalue weighted by atomic mass is 10.2. The Labute approximate surface area is 169 Å². The van der Waals surface area contributed by atoms with Crippen molar-refractivity contribution in [2.75, 3.05) is 26.2 Å². The average molecular weight is 399 g/mol. The van der Waals surface area contributed by atoms with Crippen LogP contribution in [-0.2, 0) is 9.59 Å². The molecule has 2 aliphatic rings. The molecule has 0 spiro atoms. The van der Waals surface area contributed by atoms with E-state index in [1.807, 2.05) is 42.2 Å². The largest absolute Gasteiger partial charge is 0.339 e. The second kappa shape index (κ2) is 7.80. The Balaban J connectivity index is 1.41. The quantitative estimate of drug-likeness (QED) is 0.744. The predicted molar refractivity (Wildman–Crippen MR) is 108 cm³/mol. The Bertz CT molecular complexity index is 910. The molecule has 6 nitrogen and oxygen atoms in total. The lowest BCUT2D eigenvalue weighted by molar-refractivity contribution is -0.138. The molecule has 0 atom stereocenters. The van der Waals surface area contributed by atoms with Crippen LogP contribution >= 0.6 is 11.6 Å². The second-order valence-corrected chi connectivity index (χ2v) is 7.65. The molecule has 0 bridgehead atoms. The van der Waals surface area contributed by atoms with Crippen molar-refractivity contribution in [1.82, 2.24) is 19.6 Å². The van der Waals surface area contributed by atoms with E-state index in [1.165, 1.54) is 0 Å². The van der Waals surface area contributed by atoms with Gasteiger partial charge in [0.15, 0.2) is 0 Å². The first kappa shape index (κ1) is 18.7. The molecular formula is C21H23ClN4O2. The highest BCUT2D eigenvalue weighted by Crippen LogP contribution is 2.31. The molecule has 1 aromatic heterocycles. The van der Waals surface area contributed by atoms with Crippen LogP contribution in [0.4, 0.5) is 0 Å². The summed E-state index contributed by atoms with van der Waals surface area (Å²) >= 11 is 6.50. The lowest BCUT2D eigenvalue weighted by Crippen LogP contribution is -2.50. The number of benzene rings is 1. The van der Waals surface area contributed by atoms with Crippen molar-refractivity contribution in [2.24, 2.45) is 5.92 Å². The summed E-state index contributed by atoms with van der Waals surface area (Å²) in [5.74, 6) is 0.410. The van der Waals surface area contributed by atoms with Gasteiger partial charge in [-0.2, -0.15) is 5.10 Å². The number of para-hydroxylation sites is 1. The molecule has 0 unspecified atom stereocenters. The highest BCUT2D eigenvalue weighted by molar-refractivity contribution is 6.31. The summed E-state index contributed by atoms with van der Waals surface area (Å²) in [6.45, 7) is 4.23. The van der Waals surface area contributed by atoms with Gasteiger partial charge in [0.25, 0.3) is 0 Å². The standard InChI is InChI=1S/C21H23ClN4O2/c1-15-18(20(22)26(23-15)17-5-3-2-4-6-17)9-10-19(27)24-11-13-25(14-12-24)21(28)16-7-8-16/h2-6,9-10,16H,7-8,11-14H2,1H3/b10-9+. The van der Waals surface area contributed by atoms with Crippen molar-refractivity contribution < 1.29 is 9.59 Å². The number of aryl methyl sites for hydroxylation is 1. The van der Waals surface area contributed by atoms with E-state index in [0.717, 1.165) is 29.8 Å². The van der Waals surface area contributed by atoms with Crippen molar-refractivity contribution >= 4 is 29.5 Å². The number of amides is 2. The fourth-order valence-corrected chi connectivity index (χ4v) is 3.77. The summed E-state index contributed by atoms with van der Waals surface area (Å²) in [7, 11) is 0. The number of rotatable bonds is 4. The SMILES string of the molecule is Cc1nn(-c2ccccc2)c(Cl)c1/C=C/C(=O)N1CCN(C(=O)C2CC2)CC1. The third-order valence-electron chi connectivity index (χ3n) is 5.27. The molecule has 1 saturated carbocycles. The van der Waals surface area contributed by atoms with Crippen LogP contribution in [0, 0.1) is 12.8 Å². The van der Waals surface area contributed by atoms with Gasteiger partial charge in [0.1, 0.15) is 5.15 Å². The number of carbonyl (C=O) groups is 2. The normalized spacial score (nSPS) is 17.4. The highest BCUT2D eigenvalue weighted by atomic mass is 35.5. The van der Waals surface area contributed by atoms with Crippen LogP contribution in [0.3, 0.4) is 0 Å². The number of halogens is 1. The van der Waals surface area contributed by atoms with Gasteiger partial charge in [0, 0.05) is 43.7 Å². The van der Waals surface area contributed by atoms with Crippen LogP contribution in [0.1, 0.15) is 24.1 Å². The molecule has 1 aliphatic heterocycles. The van der Waals surface area contributed by atoms with Gasteiger partial charge in [-0.3, -0.25) is 9.59 Å². The molecule has 2 amide bonds. The minimum absolute atomic E-state index is 0.0681. The maximum absolute atomic E-state index is 12.6. The summed E-state index contributed by atoms with van der Waals surface area (Å²) in [6.07, 6.45) is 5.30. The van der Waals surface area contributed by atoms with E-state index in [2.05, 4.69) is 5.10 Å². The van der Waals surface area contributed by atoms with E-state index in [9.17, 15) is 9.59 Å². The Morgan fingerprint density at radius 2 is 1.71 bits per heavy atom. The smallest absolute Gasteiger partial charge is 0.246 e. The van der Waals surface area contributed by atoms with Crippen molar-refractivity contribution in [3.05, 3.63) is 52.8 Å². The molecular weight excluding hydrogens is 376 g/mol. The fourth-order valence-electron chi connectivity index (χ4n) is 3.44. The van der Waals surface area contributed by atoms with Gasteiger partial charge < -0.3 is 9.80 Å². The Morgan fingerprint density at radius 3 is 2.36 bits per heavy atom. The summed E-state index contributed by atoms with van der Waals surface area (Å²) in [5.41, 5.74) is 2.37. The highest BCUT2D eigenvalue weighted by Gasteiger charge is 2.34. The molecule has 2 aromatic rings. The van der Waals surface area contributed by atoms with Crippen molar-refractivity contribution in [3.63, 3.8) is 0 Å². The zero-order valence-corrected chi connectivity index (χ0v) is 16.6. The van der Waals surface area contributed by atoms with E-state index in [-0.39, 0.29) is 17.7 Å². The van der Waals surface area contributed by atoms with Crippen LogP contribution in [0.2, 0.25) is 5.15 Å². The Hall–Kier alpha value is -2.60. The van der Waals surface area contributed by atoms with Crippen molar-refractivity contribution in [3.8, 4) is 5.69 Å². The van der Waals surface area contributed by atoms with Gasteiger partial charge in [-0.15, -0.1) is 0 Å². The van der Waals surface area contributed by atoms with E-state index in [0.29, 0.717) is 31.3 Å². The summed E-state index contributed by atoms with van der Waals surface area (Å²) < 4.78 is 1.67. The van der Waals surface area contributed by atoms with E-state index < -0.39 is 0 Å². The molecule has 1 aromatic carbocycles. The number of nitrogens with zero attached hydrogens (tertiary/aromatic N) is 4. The average Bonchev–Trinajstić information content (AvgIpc) is 3.53. The molecule has 28 heavy (non-hydrogen) atoms. The van der Waals surface area contributed by atoms with Gasteiger partial charge in [0.2, 0.25) is 11.8 Å². The van der Waals surface area contributed by atoms with E-state index >= 15 is 0 Å². The van der Waals surface area contributed by atoms with Crippen LogP contribution in [0.5, 0.6) is 0 Å². The first-order chi connectivity index (χ1) is 13.5. The molecule has 7 heteroatoms. The number of hydrogen-bond donors (Lipinski definition) is 0. The lowest BCUT2D eigenvalue weighted by Gasteiger charge is -2.34. The monoisotopic (exact) mass is 398 g/mol. The molecule has 0 radical (unpaired) electrons. The van der Waals surface area contributed by atoms with Gasteiger partial charge in [-0.1, -0.05) is 29.8 Å². The summed E-state index contributed by atoms with van der Waals surface area (Å²) in [6, 6.07) is 9.65. The van der Waals surface area contributed by atoms with Gasteiger partial charge in [0.05, 0.1) is 11.4 Å². The minimum Gasteiger partial charge on any atom is -0.339 e. The maximum Gasteiger partial charge on any atom is 0.246 e. The fraction of sp³-hybridized carbons (Fsp3) is 0.381. The van der Waals surface area contributed by atoms with Crippen LogP contribution in [-0.4, -0.2) is 57.6 Å². The van der Waals surface area contributed by atoms with Crippen molar-refractivity contribution in [2.45, 2.75) is 19.8 Å². The molecule has 1 saturated heterocycles.